The average Bonchev–Trinajstić information content (AvgIpc) is 3.31. The molecular formula is C17H23N5O2. The molecule has 0 spiro atoms. The Hall–Kier alpha value is -1.99. The first-order valence-electron chi connectivity index (χ1n) is 8.52. The Morgan fingerprint density at radius 2 is 2.29 bits per heavy atom. The second kappa shape index (κ2) is 6.49. The van der Waals surface area contributed by atoms with Crippen LogP contribution in [0.15, 0.2) is 22.9 Å². The molecule has 7 nitrogen and oxygen atoms in total. The van der Waals surface area contributed by atoms with E-state index >= 15 is 0 Å². The molecule has 0 aliphatic carbocycles. The van der Waals surface area contributed by atoms with E-state index in [1.807, 2.05) is 26.2 Å². The number of nitrogens with one attached hydrogen (secondary N) is 1. The number of hydrogen-bond donors (Lipinski definition) is 1. The zero-order valence-corrected chi connectivity index (χ0v) is 14.1. The predicted octanol–water partition coefficient (Wildman–Crippen LogP) is 1.68. The van der Waals surface area contributed by atoms with E-state index in [4.69, 9.17) is 9.26 Å². The minimum Gasteiger partial charge on any atom is -0.476 e. The quantitative estimate of drug-likeness (QED) is 0.864. The third kappa shape index (κ3) is 3.14. The SMILES string of the molecule is CN(C)CCOc1cc(-c2noc([C@@H]3C[C@@H]4CC[C@H]3N4)n2)ccn1. The molecule has 0 radical (unpaired) electrons. The summed E-state index contributed by atoms with van der Waals surface area (Å²) in [7, 11) is 4.02. The van der Waals surface area contributed by atoms with Gasteiger partial charge in [0, 0.05) is 36.5 Å². The van der Waals surface area contributed by atoms with Gasteiger partial charge in [0.1, 0.15) is 6.61 Å². The van der Waals surface area contributed by atoms with Crippen molar-refractivity contribution in [3.05, 3.63) is 24.2 Å². The van der Waals surface area contributed by atoms with Gasteiger partial charge in [-0.15, -0.1) is 0 Å². The average molecular weight is 329 g/mol. The van der Waals surface area contributed by atoms with Crippen LogP contribution in [0.2, 0.25) is 0 Å². The zero-order valence-electron chi connectivity index (χ0n) is 14.1. The molecule has 2 fully saturated rings. The van der Waals surface area contributed by atoms with Crippen molar-refractivity contribution < 1.29 is 9.26 Å². The summed E-state index contributed by atoms with van der Waals surface area (Å²) in [5.74, 6) is 2.29. The molecule has 3 atom stereocenters. The highest BCUT2D eigenvalue weighted by Crippen LogP contribution is 2.39. The fourth-order valence-electron chi connectivity index (χ4n) is 3.56. The van der Waals surface area contributed by atoms with E-state index in [0.717, 1.165) is 24.4 Å². The summed E-state index contributed by atoms with van der Waals surface area (Å²) in [5, 5.41) is 7.76. The monoisotopic (exact) mass is 329 g/mol. The van der Waals surface area contributed by atoms with E-state index in [1.165, 1.54) is 12.8 Å². The van der Waals surface area contributed by atoms with E-state index in [0.29, 0.717) is 36.3 Å². The summed E-state index contributed by atoms with van der Waals surface area (Å²) in [6, 6.07) is 4.86. The molecule has 128 valence electrons. The minimum absolute atomic E-state index is 0.350. The minimum atomic E-state index is 0.350. The maximum absolute atomic E-state index is 5.68. The van der Waals surface area contributed by atoms with Gasteiger partial charge in [-0.25, -0.2) is 4.98 Å². The third-order valence-electron chi connectivity index (χ3n) is 4.84. The highest BCUT2D eigenvalue weighted by atomic mass is 16.5. The van der Waals surface area contributed by atoms with E-state index < -0.39 is 0 Å². The summed E-state index contributed by atoms with van der Waals surface area (Å²) >= 11 is 0. The molecule has 0 saturated carbocycles. The highest BCUT2D eigenvalue weighted by molar-refractivity contribution is 5.55. The van der Waals surface area contributed by atoms with Crippen molar-refractivity contribution in [2.24, 2.45) is 0 Å². The van der Waals surface area contributed by atoms with Gasteiger partial charge >= 0.3 is 0 Å². The zero-order chi connectivity index (χ0) is 16.5. The normalized spacial score (nSPS) is 25.5. The molecule has 2 bridgehead atoms. The lowest BCUT2D eigenvalue weighted by molar-refractivity contribution is 0.254. The van der Waals surface area contributed by atoms with Gasteiger partial charge in [0.05, 0.1) is 5.92 Å². The predicted molar refractivity (Wildman–Crippen MR) is 88.9 cm³/mol. The number of hydrogen-bond acceptors (Lipinski definition) is 7. The molecule has 0 unspecified atom stereocenters. The van der Waals surface area contributed by atoms with E-state index in [-0.39, 0.29) is 0 Å². The summed E-state index contributed by atoms with van der Waals surface area (Å²) < 4.78 is 11.2. The van der Waals surface area contributed by atoms with Crippen LogP contribution < -0.4 is 10.1 Å². The largest absolute Gasteiger partial charge is 0.476 e. The third-order valence-corrected chi connectivity index (χ3v) is 4.84. The molecule has 2 aromatic rings. The van der Waals surface area contributed by atoms with E-state index in [1.54, 1.807) is 6.20 Å². The molecule has 2 aliphatic heterocycles. The maximum atomic E-state index is 5.68. The Morgan fingerprint density at radius 3 is 3.04 bits per heavy atom. The van der Waals surface area contributed by atoms with Crippen molar-refractivity contribution in [3.8, 4) is 17.3 Å². The molecule has 0 amide bonds. The van der Waals surface area contributed by atoms with Crippen LogP contribution in [0, 0.1) is 0 Å². The second-order valence-corrected chi connectivity index (χ2v) is 6.88. The van der Waals surface area contributed by atoms with Gasteiger partial charge in [0.15, 0.2) is 0 Å². The van der Waals surface area contributed by atoms with Gasteiger partial charge in [-0.1, -0.05) is 5.16 Å². The topological polar surface area (TPSA) is 76.3 Å². The van der Waals surface area contributed by atoms with Crippen LogP contribution >= 0.6 is 0 Å². The molecule has 0 aromatic carbocycles. The lowest BCUT2D eigenvalue weighted by Gasteiger charge is -2.15. The molecule has 2 saturated heterocycles. The molecule has 4 rings (SSSR count). The molecule has 1 N–H and O–H groups in total. The number of ether oxygens (including phenoxy) is 1. The standard InChI is InChI=1S/C17H23N5O2/c1-22(2)7-8-23-15-9-11(5-6-18-15)16-20-17(24-21-16)13-10-12-3-4-14(13)19-12/h5-6,9,12-14,19H,3-4,7-8,10H2,1-2H3/t12-,13+,14+/m0/s1. The molecule has 24 heavy (non-hydrogen) atoms. The number of nitrogens with zero attached hydrogens (tertiary/aromatic N) is 4. The van der Waals surface area contributed by atoms with Crippen molar-refractivity contribution in [2.75, 3.05) is 27.2 Å². The van der Waals surface area contributed by atoms with Crippen molar-refractivity contribution >= 4 is 0 Å². The number of pyridine rings is 1. The number of aromatic nitrogens is 3. The summed E-state index contributed by atoms with van der Waals surface area (Å²) in [5.41, 5.74) is 0.871. The summed E-state index contributed by atoms with van der Waals surface area (Å²) in [4.78, 5) is 10.9. The lowest BCUT2D eigenvalue weighted by Crippen LogP contribution is -2.21. The van der Waals surface area contributed by atoms with E-state index in [9.17, 15) is 0 Å². The first kappa shape index (κ1) is 15.5. The highest BCUT2D eigenvalue weighted by Gasteiger charge is 2.42. The summed E-state index contributed by atoms with van der Waals surface area (Å²) in [6.07, 6.45) is 5.28. The van der Waals surface area contributed by atoms with Crippen molar-refractivity contribution in [2.45, 2.75) is 37.3 Å². The lowest BCUT2D eigenvalue weighted by atomic mass is 9.89. The second-order valence-electron chi connectivity index (χ2n) is 6.88. The fourth-order valence-corrected chi connectivity index (χ4v) is 3.56. The number of rotatable bonds is 6. The molecule has 2 aromatic heterocycles. The van der Waals surface area contributed by atoms with Gasteiger partial charge < -0.3 is 19.5 Å². The van der Waals surface area contributed by atoms with Crippen molar-refractivity contribution in [1.82, 2.24) is 25.3 Å². The van der Waals surface area contributed by atoms with Crippen LogP contribution in [0.3, 0.4) is 0 Å². The molecule has 2 aliphatic rings. The van der Waals surface area contributed by atoms with Gasteiger partial charge in [-0.2, -0.15) is 4.98 Å². The number of likely N-dealkylation sites (N-methyl/N-ethyl adjacent to an activating group) is 1. The Labute approximate surface area is 141 Å². The Bertz CT molecular complexity index is 702. The van der Waals surface area contributed by atoms with Crippen LogP contribution in [0.4, 0.5) is 0 Å². The van der Waals surface area contributed by atoms with Gasteiger partial charge in [0.25, 0.3) is 0 Å². The van der Waals surface area contributed by atoms with Crippen molar-refractivity contribution in [1.29, 1.82) is 0 Å². The first-order chi connectivity index (χ1) is 11.7. The summed E-state index contributed by atoms with van der Waals surface area (Å²) in [6.45, 7) is 1.44. The maximum Gasteiger partial charge on any atom is 0.231 e. The Balaban J connectivity index is 1.46. The van der Waals surface area contributed by atoms with Crippen molar-refractivity contribution in [3.63, 3.8) is 0 Å². The molecule has 7 heteroatoms. The Morgan fingerprint density at radius 1 is 1.38 bits per heavy atom. The first-order valence-corrected chi connectivity index (χ1v) is 8.52. The molecular weight excluding hydrogens is 306 g/mol. The smallest absolute Gasteiger partial charge is 0.231 e. The molecule has 4 heterocycles. The van der Waals surface area contributed by atoms with Gasteiger partial charge in [-0.3, -0.25) is 0 Å². The van der Waals surface area contributed by atoms with Crippen LogP contribution in [0.1, 0.15) is 31.1 Å². The van der Waals surface area contributed by atoms with Gasteiger partial charge in [0.2, 0.25) is 17.6 Å². The Kier molecular flexibility index (Phi) is 4.20. The fraction of sp³-hybridized carbons (Fsp3) is 0.588. The van der Waals surface area contributed by atoms with Crippen LogP contribution in [-0.4, -0.2) is 59.4 Å². The van der Waals surface area contributed by atoms with E-state index in [2.05, 4.69) is 25.3 Å². The van der Waals surface area contributed by atoms with Crippen LogP contribution in [0.25, 0.3) is 11.4 Å². The number of fused-ring (bicyclic) bond motifs is 2. The van der Waals surface area contributed by atoms with Gasteiger partial charge in [-0.05, 0) is 39.4 Å². The van der Waals surface area contributed by atoms with Crippen LogP contribution in [0.5, 0.6) is 5.88 Å². The van der Waals surface area contributed by atoms with Crippen LogP contribution in [-0.2, 0) is 0 Å².